The second-order valence-corrected chi connectivity index (χ2v) is 6.19. The molecule has 0 spiro atoms. The molecule has 3 rings (SSSR count). The molecule has 0 nitrogen and oxygen atoms in total. The van der Waals surface area contributed by atoms with Gasteiger partial charge in [-0.25, -0.2) is 0 Å². The molecule has 0 N–H and O–H groups in total. The lowest BCUT2D eigenvalue weighted by Crippen LogP contribution is -2.28. The first kappa shape index (κ1) is 9.24. The minimum Gasteiger partial charge on any atom is -0.0622 e. The van der Waals surface area contributed by atoms with Crippen molar-refractivity contribution < 1.29 is 0 Å². The monoisotopic (exact) mass is 192 g/mol. The smallest absolute Gasteiger partial charge is 0.0329 e. The van der Waals surface area contributed by atoms with Crippen molar-refractivity contribution in [3.8, 4) is 0 Å². The van der Waals surface area contributed by atoms with Crippen molar-refractivity contribution in [2.45, 2.75) is 58.3 Å². The van der Waals surface area contributed by atoms with Crippen molar-refractivity contribution in [3.63, 3.8) is 0 Å². The fraction of sp³-hybridized carbons (Fsp3) is 1.00. The van der Waals surface area contributed by atoms with E-state index in [-0.39, 0.29) is 0 Å². The van der Waals surface area contributed by atoms with Gasteiger partial charge in [-0.05, 0) is 42.4 Å². The van der Waals surface area contributed by atoms with Crippen molar-refractivity contribution in [1.29, 1.82) is 0 Å². The Balaban J connectivity index is 1.80. The molecule has 0 heteroatoms. The zero-order valence-corrected chi connectivity index (χ0v) is 9.54. The van der Waals surface area contributed by atoms with E-state index in [1.807, 2.05) is 0 Å². The van der Waals surface area contributed by atoms with Crippen molar-refractivity contribution in [2.75, 3.05) is 0 Å². The largest absolute Gasteiger partial charge is 0.0622 e. The number of hydrogen-bond donors (Lipinski definition) is 0. The summed E-state index contributed by atoms with van der Waals surface area (Å²) < 4.78 is 0. The number of rotatable bonds is 0. The molecular weight excluding hydrogens is 168 g/mol. The molecule has 0 radical (unpaired) electrons. The molecule has 0 aliphatic heterocycles. The van der Waals surface area contributed by atoms with Gasteiger partial charge >= 0.3 is 0 Å². The van der Waals surface area contributed by atoms with Gasteiger partial charge in [0, 0.05) is 0 Å². The van der Waals surface area contributed by atoms with E-state index >= 15 is 0 Å². The van der Waals surface area contributed by atoms with E-state index in [2.05, 4.69) is 6.92 Å². The standard InChI is InChI=1S/C14H24/c1-10-5-4-7-12-9-11-6-2-3-8-13(11)14(10)12/h10-14H,2-9H2,1H3. The van der Waals surface area contributed by atoms with Crippen molar-refractivity contribution in [3.05, 3.63) is 0 Å². The Morgan fingerprint density at radius 3 is 2.50 bits per heavy atom. The summed E-state index contributed by atoms with van der Waals surface area (Å²) in [4.78, 5) is 0. The third-order valence-corrected chi connectivity index (χ3v) is 5.50. The fourth-order valence-electron chi connectivity index (χ4n) is 5.02. The maximum atomic E-state index is 2.54. The molecule has 5 atom stereocenters. The van der Waals surface area contributed by atoms with E-state index in [0.717, 1.165) is 29.6 Å². The van der Waals surface area contributed by atoms with Crippen LogP contribution in [0.5, 0.6) is 0 Å². The summed E-state index contributed by atoms with van der Waals surface area (Å²) in [6.07, 6.45) is 12.5. The van der Waals surface area contributed by atoms with E-state index < -0.39 is 0 Å². The van der Waals surface area contributed by atoms with Gasteiger partial charge in [0.25, 0.3) is 0 Å². The molecule has 0 amide bonds. The molecule has 0 aromatic heterocycles. The van der Waals surface area contributed by atoms with Crippen LogP contribution in [-0.2, 0) is 0 Å². The molecule has 0 heterocycles. The van der Waals surface area contributed by atoms with Crippen molar-refractivity contribution in [1.82, 2.24) is 0 Å². The topological polar surface area (TPSA) is 0 Å². The first-order chi connectivity index (χ1) is 6.86. The van der Waals surface area contributed by atoms with Crippen LogP contribution in [0, 0.1) is 29.6 Å². The van der Waals surface area contributed by atoms with Gasteiger partial charge in [-0.15, -0.1) is 0 Å². The Labute approximate surface area is 88.5 Å². The molecule has 5 unspecified atom stereocenters. The highest BCUT2D eigenvalue weighted by molar-refractivity contribution is 4.96. The quantitative estimate of drug-likeness (QED) is 0.538. The molecule has 14 heavy (non-hydrogen) atoms. The van der Waals surface area contributed by atoms with Gasteiger partial charge in [0.05, 0.1) is 0 Å². The molecule has 3 fully saturated rings. The zero-order valence-electron chi connectivity index (χ0n) is 9.54. The average Bonchev–Trinajstić information content (AvgIpc) is 2.57. The minimum absolute atomic E-state index is 1.06. The molecule has 0 aromatic carbocycles. The Bertz CT molecular complexity index is 208. The summed E-state index contributed by atoms with van der Waals surface area (Å²) in [6, 6.07) is 0. The van der Waals surface area contributed by atoms with Crippen LogP contribution in [-0.4, -0.2) is 0 Å². The Morgan fingerprint density at radius 1 is 0.786 bits per heavy atom. The van der Waals surface area contributed by atoms with Gasteiger partial charge in [-0.1, -0.05) is 45.4 Å². The zero-order chi connectivity index (χ0) is 9.54. The molecule has 0 bridgehead atoms. The van der Waals surface area contributed by atoms with Crippen molar-refractivity contribution >= 4 is 0 Å². The Hall–Kier alpha value is 0. The molecule has 80 valence electrons. The molecule has 0 saturated heterocycles. The van der Waals surface area contributed by atoms with Gasteiger partial charge < -0.3 is 0 Å². The first-order valence-electron chi connectivity index (χ1n) is 6.86. The minimum atomic E-state index is 1.06. The highest BCUT2D eigenvalue weighted by Gasteiger charge is 2.46. The van der Waals surface area contributed by atoms with Gasteiger partial charge in [0.1, 0.15) is 0 Å². The average molecular weight is 192 g/mol. The number of fused-ring (bicyclic) bond motifs is 3. The van der Waals surface area contributed by atoms with E-state index in [1.165, 1.54) is 25.7 Å². The van der Waals surface area contributed by atoms with Gasteiger partial charge in [0.2, 0.25) is 0 Å². The predicted octanol–water partition coefficient (Wildman–Crippen LogP) is 4.25. The summed E-state index contributed by atoms with van der Waals surface area (Å²) >= 11 is 0. The third kappa shape index (κ3) is 1.33. The van der Waals surface area contributed by atoms with Crippen LogP contribution in [0.2, 0.25) is 0 Å². The van der Waals surface area contributed by atoms with Crippen LogP contribution < -0.4 is 0 Å². The van der Waals surface area contributed by atoms with Crippen LogP contribution in [0.1, 0.15) is 58.3 Å². The summed E-state index contributed by atoms with van der Waals surface area (Å²) in [5.41, 5.74) is 0. The van der Waals surface area contributed by atoms with Crippen molar-refractivity contribution in [2.24, 2.45) is 29.6 Å². The van der Waals surface area contributed by atoms with Crippen LogP contribution in [0.15, 0.2) is 0 Å². The second-order valence-electron chi connectivity index (χ2n) is 6.19. The highest BCUT2D eigenvalue weighted by atomic mass is 14.5. The lowest BCUT2D eigenvalue weighted by Gasteiger charge is -2.37. The highest BCUT2D eigenvalue weighted by Crippen LogP contribution is 2.55. The van der Waals surface area contributed by atoms with Crippen LogP contribution in [0.4, 0.5) is 0 Å². The normalized spacial score (nSPS) is 52.5. The Kier molecular flexibility index (Phi) is 2.34. The third-order valence-electron chi connectivity index (χ3n) is 5.50. The predicted molar refractivity (Wildman–Crippen MR) is 60.1 cm³/mol. The van der Waals surface area contributed by atoms with Crippen LogP contribution in [0.3, 0.4) is 0 Å². The summed E-state index contributed by atoms with van der Waals surface area (Å²) in [6.45, 7) is 2.54. The molecule has 3 aliphatic rings. The van der Waals surface area contributed by atoms with E-state index in [0.29, 0.717) is 0 Å². The first-order valence-corrected chi connectivity index (χ1v) is 6.86. The van der Waals surface area contributed by atoms with Gasteiger partial charge in [0.15, 0.2) is 0 Å². The van der Waals surface area contributed by atoms with Crippen LogP contribution in [0.25, 0.3) is 0 Å². The summed E-state index contributed by atoms with van der Waals surface area (Å²) in [7, 11) is 0. The molecular formula is C14H24. The Morgan fingerprint density at radius 2 is 1.57 bits per heavy atom. The maximum absolute atomic E-state index is 2.54. The van der Waals surface area contributed by atoms with Gasteiger partial charge in [-0.2, -0.15) is 0 Å². The SMILES string of the molecule is CC1CCCC2CC3CCCCC3C12. The van der Waals surface area contributed by atoms with Gasteiger partial charge in [-0.3, -0.25) is 0 Å². The lowest BCUT2D eigenvalue weighted by molar-refractivity contribution is 0.128. The molecule has 3 saturated carbocycles. The summed E-state index contributed by atoms with van der Waals surface area (Å²) in [5.74, 6) is 5.66. The number of hydrogen-bond acceptors (Lipinski definition) is 0. The van der Waals surface area contributed by atoms with E-state index in [1.54, 1.807) is 25.7 Å². The second kappa shape index (κ2) is 3.54. The summed E-state index contributed by atoms with van der Waals surface area (Å²) in [5, 5.41) is 0. The van der Waals surface area contributed by atoms with E-state index in [4.69, 9.17) is 0 Å². The van der Waals surface area contributed by atoms with E-state index in [9.17, 15) is 0 Å². The maximum Gasteiger partial charge on any atom is -0.0329 e. The molecule has 0 aromatic rings. The molecule has 3 aliphatic carbocycles. The lowest BCUT2D eigenvalue weighted by atomic mass is 9.68. The van der Waals surface area contributed by atoms with Crippen LogP contribution >= 0.6 is 0 Å². The fourth-order valence-corrected chi connectivity index (χ4v) is 5.02.